The molecular formula is C20H17N3O3. The number of nitrogens with zero attached hydrogens (tertiary/aromatic N) is 1. The van der Waals surface area contributed by atoms with Gasteiger partial charge in [0.15, 0.2) is 0 Å². The SMILES string of the molecule is O=C(NC1CC(=O)N(c2ccccc2)C1)c1c[nH]c2ccccc2c1=O. The highest BCUT2D eigenvalue weighted by Crippen LogP contribution is 2.21. The van der Waals surface area contributed by atoms with Crippen molar-refractivity contribution >= 4 is 28.4 Å². The molecule has 2 N–H and O–H groups in total. The third-order valence-corrected chi connectivity index (χ3v) is 4.56. The van der Waals surface area contributed by atoms with Crippen LogP contribution >= 0.6 is 0 Å². The lowest BCUT2D eigenvalue weighted by Gasteiger charge is -2.17. The van der Waals surface area contributed by atoms with Crippen molar-refractivity contribution in [3.05, 3.63) is 76.6 Å². The van der Waals surface area contributed by atoms with Crippen molar-refractivity contribution in [3.8, 4) is 0 Å². The maximum absolute atomic E-state index is 12.6. The van der Waals surface area contributed by atoms with Gasteiger partial charge >= 0.3 is 0 Å². The molecule has 6 nitrogen and oxygen atoms in total. The number of H-pyrrole nitrogens is 1. The van der Waals surface area contributed by atoms with Crippen LogP contribution in [0.4, 0.5) is 5.69 Å². The number of para-hydroxylation sites is 2. The molecule has 2 aromatic carbocycles. The van der Waals surface area contributed by atoms with Crippen LogP contribution in [0.5, 0.6) is 0 Å². The minimum absolute atomic E-state index is 0.0473. The van der Waals surface area contributed by atoms with E-state index in [0.29, 0.717) is 17.4 Å². The summed E-state index contributed by atoms with van der Waals surface area (Å²) in [6.07, 6.45) is 1.64. The number of fused-ring (bicyclic) bond motifs is 1. The van der Waals surface area contributed by atoms with E-state index in [-0.39, 0.29) is 29.4 Å². The minimum Gasteiger partial charge on any atom is -0.360 e. The number of aromatic nitrogens is 1. The third-order valence-electron chi connectivity index (χ3n) is 4.56. The van der Waals surface area contributed by atoms with E-state index in [0.717, 1.165) is 5.69 Å². The standard InChI is InChI=1S/C20H17N3O3/c24-18-10-13(12-23(18)14-6-2-1-3-7-14)22-20(26)16-11-21-17-9-5-4-8-15(17)19(16)25/h1-9,11,13H,10,12H2,(H,21,25)(H,22,26). The van der Waals surface area contributed by atoms with Crippen LogP contribution in [0.25, 0.3) is 10.9 Å². The summed E-state index contributed by atoms with van der Waals surface area (Å²) in [5.41, 5.74) is 1.22. The van der Waals surface area contributed by atoms with E-state index in [9.17, 15) is 14.4 Å². The van der Waals surface area contributed by atoms with Crippen molar-refractivity contribution in [2.45, 2.75) is 12.5 Å². The molecule has 3 aromatic rings. The zero-order chi connectivity index (χ0) is 18.1. The molecule has 1 fully saturated rings. The molecule has 0 bridgehead atoms. The van der Waals surface area contributed by atoms with Crippen LogP contribution in [0.15, 0.2) is 65.6 Å². The summed E-state index contributed by atoms with van der Waals surface area (Å²) in [6.45, 7) is 0.389. The van der Waals surface area contributed by atoms with E-state index in [1.165, 1.54) is 6.20 Å². The number of carbonyl (C=O) groups excluding carboxylic acids is 2. The van der Waals surface area contributed by atoms with E-state index in [4.69, 9.17) is 0 Å². The number of benzene rings is 2. The first-order valence-electron chi connectivity index (χ1n) is 8.40. The Balaban J connectivity index is 1.53. The second-order valence-electron chi connectivity index (χ2n) is 6.29. The largest absolute Gasteiger partial charge is 0.360 e. The molecule has 130 valence electrons. The van der Waals surface area contributed by atoms with Gasteiger partial charge in [0.2, 0.25) is 11.3 Å². The second-order valence-corrected chi connectivity index (χ2v) is 6.29. The maximum atomic E-state index is 12.6. The fraction of sp³-hybridized carbons (Fsp3) is 0.150. The molecule has 0 aliphatic carbocycles. The molecule has 1 aromatic heterocycles. The molecule has 1 aliphatic rings. The number of rotatable bonds is 3. The maximum Gasteiger partial charge on any atom is 0.257 e. The number of hydrogen-bond acceptors (Lipinski definition) is 3. The molecule has 0 saturated carbocycles. The minimum atomic E-state index is -0.468. The lowest BCUT2D eigenvalue weighted by Crippen LogP contribution is -2.39. The molecule has 1 saturated heterocycles. The lowest BCUT2D eigenvalue weighted by atomic mass is 10.1. The van der Waals surface area contributed by atoms with Crippen LogP contribution in [0.1, 0.15) is 16.8 Å². The van der Waals surface area contributed by atoms with Gasteiger partial charge in [0, 0.05) is 35.8 Å². The molecule has 1 atom stereocenters. The number of hydrogen-bond donors (Lipinski definition) is 2. The Bertz CT molecular complexity index is 1040. The summed E-state index contributed by atoms with van der Waals surface area (Å²) in [5.74, 6) is -0.515. The van der Waals surface area contributed by atoms with E-state index in [2.05, 4.69) is 10.3 Å². The number of pyridine rings is 1. The van der Waals surface area contributed by atoms with Gasteiger partial charge < -0.3 is 15.2 Å². The van der Waals surface area contributed by atoms with Crippen molar-refractivity contribution in [2.24, 2.45) is 0 Å². The fourth-order valence-electron chi connectivity index (χ4n) is 3.26. The highest BCUT2D eigenvalue weighted by molar-refractivity contribution is 6.00. The molecule has 26 heavy (non-hydrogen) atoms. The molecule has 6 heteroatoms. The van der Waals surface area contributed by atoms with Crippen LogP contribution in [0, 0.1) is 0 Å². The van der Waals surface area contributed by atoms with Crippen LogP contribution in [-0.2, 0) is 4.79 Å². The van der Waals surface area contributed by atoms with E-state index in [1.807, 2.05) is 36.4 Å². The van der Waals surface area contributed by atoms with Crippen molar-refractivity contribution < 1.29 is 9.59 Å². The van der Waals surface area contributed by atoms with E-state index < -0.39 is 5.91 Å². The highest BCUT2D eigenvalue weighted by Gasteiger charge is 2.32. The molecule has 4 rings (SSSR count). The predicted octanol–water partition coefficient (Wildman–Crippen LogP) is 2.06. The van der Waals surface area contributed by atoms with Gasteiger partial charge in [-0.05, 0) is 24.3 Å². The Labute approximate surface area is 149 Å². The first-order valence-corrected chi connectivity index (χ1v) is 8.40. The lowest BCUT2D eigenvalue weighted by molar-refractivity contribution is -0.117. The molecule has 0 spiro atoms. The number of amides is 2. The molecule has 2 heterocycles. The van der Waals surface area contributed by atoms with Crippen LogP contribution in [-0.4, -0.2) is 29.4 Å². The van der Waals surface area contributed by atoms with Gasteiger partial charge in [-0.3, -0.25) is 14.4 Å². The number of carbonyl (C=O) groups is 2. The Morgan fingerprint density at radius 3 is 2.58 bits per heavy atom. The predicted molar refractivity (Wildman–Crippen MR) is 99.2 cm³/mol. The Morgan fingerprint density at radius 1 is 1.04 bits per heavy atom. The van der Waals surface area contributed by atoms with Crippen LogP contribution < -0.4 is 15.6 Å². The summed E-state index contributed by atoms with van der Waals surface area (Å²) in [5, 5.41) is 3.28. The van der Waals surface area contributed by atoms with Gasteiger partial charge in [0.1, 0.15) is 5.56 Å². The molecule has 2 amide bonds. The van der Waals surface area contributed by atoms with Gasteiger partial charge in [-0.2, -0.15) is 0 Å². The van der Waals surface area contributed by atoms with Crippen molar-refractivity contribution in [1.29, 1.82) is 0 Å². The zero-order valence-corrected chi connectivity index (χ0v) is 13.9. The molecule has 0 radical (unpaired) electrons. The number of aromatic amines is 1. The Morgan fingerprint density at radius 2 is 1.77 bits per heavy atom. The number of anilines is 1. The molecular weight excluding hydrogens is 330 g/mol. The van der Waals surface area contributed by atoms with Gasteiger partial charge in [0.05, 0.1) is 6.04 Å². The fourth-order valence-corrected chi connectivity index (χ4v) is 3.26. The van der Waals surface area contributed by atoms with E-state index in [1.54, 1.807) is 23.1 Å². The van der Waals surface area contributed by atoms with E-state index >= 15 is 0 Å². The summed E-state index contributed by atoms with van der Waals surface area (Å²) in [7, 11) is 0. The summed E-state index contributed by atoms with van der Waals surface area (Å²) in [6, 6.07) is 16.0. The molecule has 1 unspecified atom stereocenters. The summed E-state index contributed by atoms with van der Waals surface area (Å²) in [4.78, 5) is 42.0. The Kier molecular flexibility index (Phi) is 4.01. The highest BCUT2D eigenvalue weighted by atomic mass is 16.2. The Hall–Kier alpha value is -3.41. The molecule has 1 aliphatic heterocycles. The topological polar surface area (TPSA) is 82.3 Å². The summed E-state index contributed by atoms with van der Waals surface area (Å²) < 4.78 is 0. The van der Waals surface area contributed by atoms with Gasteiger partial charge in [-0.1, -0.05) is 30.3 Å². The van der Waals surface area contributed by atoms with Crippen LogP contribution in [0.3, 0.4) is 0 Å². The van der Waals surface area contributed by atoms with Crippen LogP contribution in [0.2, 0.25) is 0 Å². The average molecular weight is 347 g/mol. The smallest absolute Gasteiger partial charge is 0.257 e. The first-order chi connectivity index (χ1) is 12.6. The van der Waals surface area contributed by atoms with Crippen molar-refractivity contribution in [1.82, 2.24) is 10.3 Å². The van der Waals surface area contributed by atoms with Gasteiger partial charge in [-0.15, -0.1) is 0 Å². The average Bonchev–Trinajstić information content (AvgIpc) is 3.03. The first kappa shape index (κ1) is 16.1. The quantitative estimate of drug-likeness (QED) is 0.761. The normalized spacial score (nSPS) is 16.8. The van der Waals surface area contributed by atoms with Crippen molar-refractivity contribution in [3.63, 3.8) is 0 Å². The zero-order valence-electron chi connectivity index (χ0n) is 13.9. The van der Waals surface area contributed by atoms with Gasteiger partial charge in [-0.25, -0.2) is 0 Å². The number of nitrogens with one attached hydrogen (secondary N) is 2. The monoisotopic (exact) mass is 347 g/mol. The van der Waals surface area contributed by atoms with Gasteiger partial charge in [0.25, 0.3) is 5.91 Å². The third kappa shape index (κ3) is 2.86. The summed E-state index contributed by atoms with van der Waals surface area (Å²) >= 11 is 0. The van der Waals surface area contributed by atoms with Crippen molar-refractivity contribution in [2.75, 3.05) is 11.4 Å². The second kappa shape index (κ2) is 6.48.